The van der Waals surface area contributed by atoms with Crippen LogP contribution in [0, 0.1) is 5.92 Å². The van der Waals surface area contributed by atoms with Gasteiger partial charge in [-0.25, -0.2) is 4.98 Å². The van der Waals surface area contributed by atoms with Gasteiger partial charge < -0.3 is 15.0 Å². The highest BCUT2D eigenvalue weighted by molar-refractivity contribution is 7.17. The first-order valence-electron chi connectivity index (χ1n) is 12.3. The van der Waals surface area contributed by atoms with Gasteiger partial charge in [-0.15, -0.1) is 22.9 Å². The molecule has 0 spiro atoms. The van der Waals surface area contributed by atoms with Crippen molar-refractivity contribution in [2.24, 2.45) is 5.92 Å². The number of nitrogens with one attached hydrogen (secondary N) is 1. The average molecular weight is 517 g/mol. The van der Waals surface area contributed by atoms with E-state index in [4.69, 9.17) is 16.3 Å². The number of hydrogen-bond donors (Lipinski definition) is 1. The van der Waals surface area contributed by atoms with Gasteiger partial charge in [0, 0.05) is 24.6 Å². The second-order valence-electron chi connectivity index (χ2n) is 9.46. The zero-order valence-corrected chi connectivity index (χ0v) is 21.2. The van der Waals surface area contributed by atoms with E-state index in [-0.39, 0.29) is 36.7 Å². The summed E-state index contributed by atoms with van der Waals surface area (Å²) < 4.78 is 5.54. The van der Waals surface area contributed by atoms with E-state index in [1.165, 1.54) is 16.2 Å². The number of aryl methyl sites for hydroxylation is 1. The number of amides is 2. The molecule has 8 nitrogen and oxygen atoms in total. The molecule has 2 aromatic heterocycles. The third-order valence-corrected chi connectivity index (χ3v) is 8.67. The summed E-state index contributed by atoms with van der Waals surface area (Å²) in [6, 6.07) is 2.50. The summed E-state index contributed by atoms with van der Waals surface area (Å²) in [6.07, 6.45) is 8.64. The molecule has 4 atom stereocenters. The van der Waals surface area contributed by atoms with Crippen molar-refractivity contribution in [3.63, 3.8) is 0 Å². The van der Waals surface area contributed by atoms with Crippen molar-refractivity contribution in [2.75, 3.05) is 13.2 Å². The van der Waals surface area contributed by atoms with Gasteiger partial charge in [0.1, 0.15) is 24.8 Å². The van der Waals surface area contributed by atoms with Crippen LogP contribution in [0.1, 0.15) is 54.5 Å². The molecule has 4 heterocycles. The number of ether oxygens (including phenoxy) is 1. The van der Waals surface area contributed by atoms with E-state index >= 15 is 0 Å². The standard InChI is InChI=1S/C25H29ClN4O4S/c1-2-16-10-15(8-9-27-16)19-11-28-24(35-19)23(32)29-20(14-6-4-3-5-7-14)25(33)30-12-17(26)22-21(30)18(31)13-34-22/h8-11,14,17,20-22H,2-7,12-13H2,1H3,(H,29,32)/t17-,20?,21+,22+/m0/s1. The summed E-state index contributed by atoms with van der Waals surface area (Å²) in [7, 11) is 0. The quantitative estimate of drug-likeness (QED) is 0.591. The van der Waals surface area contributed by atoms with Crippen LogP contribution in [-0.4, -0.2) is 69.2 Å². The van der Waals surface area contributed by atoms with Crippen LogP contribution in [0.5, 0.6) is 0 Å². The van der Waals surface area contributed by atoms with Crippen molar-refractivity contribution < 1.29 is 19.1 Å². The summed E-state index contributed by atoms with van der Waals surface area (Å²) in [5.41, 5.74) is 1.93. The Kier molecular flexibility index (Phi) is 7.18. The molecule has 5 rings (SSSR count). The van der Waals surface area contributed by atoms with Crippen LogP contribution in [-0.2, 0) is 20.7 Å². The summed E-state index contributed by atoms with van der Waals surface area (Å²) in [4.78, 5) is 50.6. The predicted octanol–water partition coefficient (Wildman–Crippen LogP) is 3.23. The Morgan fingerprint density at radius 2 is 2.09 bits per heavy atom. The molecule has 2 amide bonds. The van der Waals surface area contributed by atoms with Gasteiger partial charge in [0.15, 0.2) is 10.8 Å². The summed E-state index contributed by atoms with van der Waals surface area (Å²) >= 11 is 7.71. The Balaban J connectivity index is 1.36. The van der Waals surface area contributed by atoms with Crippen molar-refractivity contribution in [3.05, 3.63) is 35.2 Å². The smallest absolute Gasteiger partial charge is 0.280 e. The van der Waals surface area contributed by atoms with Gasteiger partial charge in [-0.2, -0.15) is 0 Å². The first-order chi connectivity index (χ1) is 17.0. The highest BCUT2D eigenvalue weighted by Crippen LogP contribution is 2.34. The number of ketones is 1. The Hall–Kier alpha value is -2.36. The second kappa shape index (κ2) is 10.3. The molecule has 186 valence electrons. The SMILES string of the molecule is CCc1cc(-c2cnc(C(=O)NC(C(=O)N3C[C@H](Cl)[C@H]4OCC(=O)[C@H]43)C3CCCCC3)s2)ccn1. The molecule has 1 N–H and O–H groups in total. The minimum Gasteiger partial charge on any atom is -0.366 e. The zero-order chi connectivity index (χ0) is 24.5. The highest BCUT2D eigenvalue weighted by atomic mass is 35.5. The number of aromatic nitrogens is 2. The van der Waals surface area contributed by atoms with Crippen molar-refractivity contribution in [1.29, 1.82) is 0 Å². The van der Waals surface area contributed by atoms with Crippen molar-refractivity contribution >= 4 is 40.5 Å². The molecular formula is C25H29ClN4O4S. The molecular weight excluding hydrogens is 488 g/mol. The Labute approximate surface area is 213 Å². The minimum absolute atomic E-state index is 0.0113. The van der Waals surface area contributed by atoms with Crippen LogP contribution >= 0.6 is 22.9 Å². The fraction of sp³-hybridized carbons (Fsp3) is 0.560. The summed E-state index contributed by atoms with van der Waals surface area (Å²) in [5, 5.41) is 2.85. The number of fused-ring (bicyclic) bond motifs is 1. The molecule has 2 saturated heterocycles. The van der Waals surface area contributed by atoms with Crippen LogP contribution < -0.4 is 5.32 Å². The predicted molar refractivity (Wildman–Crippen MR) is 132 cm³/mol. The molecule has 0 radical (unpaired) electrons. The molecule has 0 aromatic carbocycles. The lowest BCUT2D eigenvalue weighted by Crippen LogP contribution is -2.55. The Morgan fingerprint density at radius 3 is 2.86 bits per heavy atom. The molecule has 3 aliphatic rings. The van der Waals surface area contributed by atoms with Crippen LogP contribution in [0.2, 0.25) is 0 Å². The van der Waals surface area contributed by atoms with Gasteiger partial charge >= 0.3 is 0 Å². The van der Waals surface area contributed by atoms with Gasteiger partial charge in [-0.3, -0.25) is 19.4 Å². The number of nitrogens with zero attached hydrogens (tertiary/aromatic N) is 3. The number of rotatable bonds is 6. The number of alkyl halides is 1. The zero-order valence-electron chi connectivity index (χ0n) is 19.6. The van der Waals surface area contributed by atoms with Crippen LogP contribution in [0.3, 0.4) is 0 Å². The molecule has 2 aliphatic heterocycles. The van der Waals surface area contributed by atoms with Crippen LogP contribution in [0.15, 0.2) is 24.5 Å². The number of likely N-dealkylation sites (tertiary alicyclic amines) is 1. The highest BCUT2D eigenvalue weighted by Gasteiger charge is 2.53. The topological polar surface area (TPSA) is 101 Å². The monoisotopic (exact) mass is 516 g/mol. The van der Waals surface area contributed by atoms with Gasteiger partial charge in [0.25, 0.3) is 5.91 Å². The van der Waals surface area contributed by atoms with E-state index in [0.717, 1.165) is 54.7 Å². The van der Waals surface area contributed by atoms with E-state index in [1.54, 1.807) is 12.4 Å². The largest absolute Gasteiger partial charge is 0.366 e. The van der Waals surface area contributed by atoms with Crippen molar-refractivity contribution in [1.82, 2.24) is 20.2 Å². The molecule has 0 bridgehead atoms. The first-order valence-corrected chi connectivity index (χ1v) is 13.5. The van der Waals surface area contributed by atoms with Gasteiger partial charge in [0.2, 0.25) is 5.91 Å². The number of thiazole rings is 1. The lowest BCUT2D eigenvalue weighted by atomic mass is 9.83. The van der Waals surface area contributed by atoms with E-state index in [2.05, 4.69) is 15.3 Å². The third kappa shape index (κ3) is 4.86. The molecule has 35 heavy (non-hydrogen) atoms. The maximum absolute atomic E-state index is 13.8. The fourth-order valence-electron chi connectivity index (χ4n) is 5.39. The van der Waals surface area contributed by atoms with Crippen molar-refractivity contribution in [3.8, 4) is 10.4 Å². The van der Waals surface area contributed by atoms with E-state index < -0.39 is 23.6 Å². The number of Topliss-reactive ketones (excluding diaryl/α,β-unsaturated/α-hetero) is 1. The summed E-state index contributed by atoms with van der Waals surface area (Å²) in [5.74, 6) is -0.742. The van der Waals surface area contributed by atoms with Gasteiger partial charge in [-0.05, 0) is 42.9 Å². The third-order valence-electron chi connectivity index (χ3n) is 7.24. The first kappa shape index (κ1) is 24.3. The molecule has 2 aromatic rings. The maximum atomic E-state index is 13.8. The Bertz CT molecular complexity index is 1120. The summed E-state index contributed by atoms with van der Waals surface area (Å²) in [6.45, 7) is 2.25. The second-order valence-corrected chi connectivity index (χ2v) is 11.1. The maximum Gasteiger partial charge on any atom is 0.280 e. The lowest BCUT2D eigenvalue weighted by molar-refractivity contribution is -0.139. The molecule has 1 aliphatic carbocycles. The fourth-order valence-corrected chi connectivity index (χ4v) is 6.57. The van der Waals surface area contributed by atoms with Gasteiger partial charge in [0.05, 0.1) is 10.3 Å². The lowest BCUT2D eigenvalue weighted by Gasteiger charge is -2.34. The number of halogens is 1. The number of carbonyl (C=O) groups excluding carboxylic acids is 3. The minimum atomic E-state index is -0.723. The molecule has 10 heteroatoms. The molecule has 1 saturated carbocycles. The van der Waals surface area contributed by atoms with E-state index in [1.807, 2.05) is 19.1 Å². The van der Waals surface area contributed by atoms with Crippen LogP contribution in [0.25, 0.3) is 10.4 Å². The van der Waals surface area contributed by atoms with Crippen LogP contribution in [0.4, 0.5) is 0 Å². The average Bonchev–Trinajstić information content (AvgIpc) is 3.61. The molecule has 3 fully saturated rings. The normalized spacial score (nSPS) is 25.5. The van der Waals surface area contributed by atoms with E-state index in [0.29, 0.717) is 5.01 Å². The Morgan fingerprint density at radius 1 is 1.29 bits per heavy atom. The number of hydrogen-bond acceptors (Lipinski definition) is 7. The number of carbonyl (C=O) groups is 3. The number of pyridine rings is 1. The molecule has 1 unspecified atom stereocenters. The van der Waals surface area contributed by atoms with Crippen molar-refractivity contribution in [2.45, 2.75) is 69.0 Å². The van der Waals surface area contributed by atoms with Gasteiger partial charge in [-0.1, -0.05) is 26.2 Å². The van der Waals surface area contributed by atoms with E-state index in [9.17, 15) is 14.4 Å².